The Kier molecular flexibility index (Phi) is 5.81. The molecule has 0 radical (unpaired) electrons. The van der Waals surface area contributed by atoms with Crippen LogP contribution >= 0.6 is 22.9 Å². The van der Waals surface area contributed by atoms with E-state index in [9.17, 15) is 4.39 Å². The van der Waals surface area contributed by atoms with Crippen molar-refractivity contribution in [3.05, 3.63) is 9.60 Å². The Morgan fingerprint density at radius 2 is 2.16 bits per heavy atom. The Hall–Kier alpha value is -0.430. The van der Waals surface area contributed by atoms with Gasteiger partial charge in [0.15, 0.2) is 5.82 Å². The minimum Gasteiger partial charge on any atom is -0.368 e. The van der Waals surface area contributed by atoms with E-state index in [1.807, 2.05) is 0 Å². The fourth-order valence-corrected chi connectivity index (χ4v) is 3.17. The number of anilines is 1. The Morgan fingerprint density at radius 1 is 1.37 bits per heavy atom. The molecule has 1 saturated carbocycles. The Balaban J connectivity index is 1.54. The molecule has 7 heteroatoms. The van der Waals surface area contributed by atoms with Gasteiger partial charge in [0.05, 0.1) is 0 Å². The van der Waals surface area contributed by atoms with Gasteiger partial charge in [-0.25, -0.2) is 0 Å². The van der Waals surface area contributed by atoms with Gasteiger partial charge in [0.1, 0.15) is 4.34 Å². The molecule has 0 saturated heterocycles. The molecule has 1 aromatic heterocycles. The van der Waals surface area contributed by atoms with Crippen molar-refractivity contribution in [3.8, 4) is 0 Å². The standard InChI is InChI=1S/C12H20ClFN4S/c13-10-11(18-12(14)19-10)17-7-2-1-6-16-9-5-3-4-8(9)15/h8-9,16-17H,1-7,15H2/t8-,9-/m1/s1. The van der Waals surface area contributed by atoms with Crippen LogP contribution in [0.3, 0.4) is 0 Å². The third kappa shape index (κ3) is 4.56. The molecule has 0 amide bonds. The first-order valence-electron chi connectivity index (χ1n) is 6.71. The molecular formula is C12H20ClFN4S. The number of rotatable bonds is 7. The summed E-state index contributed by atoms with van der Waals surface area (Å²) >= 11 is 6.67. The molecule has 0 aliphatic heterocycles. The summed E-state index contributed by atoms with van der Waals surface area (Å²) in [6, 6.07) is 0.796. The molecule has 19 heavy (non-hydrogen) atoms. The van der Waals surface area contributed by atoms with Gasteiger partial charge in [0.2, 0.25) is 0 Å². The highest BCUT2D eigenvalue weighted by atomic mass is 35.5. The van der Waals surface area contributed by atoms with E-state index in [-0.39, 0.29) is 0 Å². The van der Waals surface area contributed by atoms with Crippen molar-refractivity contribution in [3.63, 3.8) is 0 Å². The molecule has 2 atom stereocenters. The Morgan fingerprint density at radius 3 is 2.79 bits per heavy atom. The highest BCUT2D eigenvalue weighted by molar-refractivity contribution is 7.15. The number of nitrogens with zero attached hydrogens (tertiary/aromatic N) is 1. The van der Waals surface area contributed by atoms with Crippen LogP contribution in [0.15, 0.2) is 0 Å². The van der Waals surface area contributed by atoms with Gasteiger partial charge in [-0.15, -0.1) is 0 Å². The molecule has 1 aromatic rings. The van der Waals surface area contributed by atoms with Crippen molar-refractivity contribution in [1.82, 2.24) is 10.3 Å². The first-order chi connectivity index (χ1) is 9.16. The summed E-state index contributed by atoms with van der Waals surface area (Å²) in [4.78, 5) is 3.68. The van der Waals surface area contributed by atoms with Crippen molar-refractivity contribution in [1.29, 1.82) is 0 Å². The smallest absolute Gasteiger partial charge is 0.272 e. The lowest BCUT2D eigenvalue weighted by atomic mass is 10.2. The lowest BCUT2D eigenvalue weighted by molar-refractivity contribution is 0.468. The average molecular weight is 307 g/mol. The van der Waals surface area contributed by atoms with E-state index in [2.05, 4.69) is 15.6 Å². The zero-order valence-electron chi connectivity index (χ0n) is 10.8. The van der Waals surface area contributed by atoms with E-state index in [1.165, 1.54) is 12.8 Å². The van der Waals surface area contributed by atoms with Crippen molar-refractivity contribution >= 4 is 28.8 Å². The molecular weight excluding hydrogens is 287 g/mol. The quantitative estimate of drug-likeness (QED) is 0.678. The fraction of sp³-hybridized carbons (Fsp3) is 0.750. The molecule has 0 spiro atoms. The summed E-state index contributed by atoms with van der Waals surface area (Å²) in [6.07, 6.45) is 5.60. The first-order valence-corrected chi connectivity index (χ1v) is 7.91. The lowest BCUT2D eigenvalue weighted by Crippen LogP contribution is -2.41. The van der Waals surface area contributed by atoms with Crippen LogP contribution in [0.5, 0.6) is 0 Å². The molecule has 4 nitrogen and oxygen atoms in total. The SMILES string of the molecule is N[C@@H]1CCC[C@H]1NCCCCNc1nc(F)sc1Cl. The molecule has 0 bridgehead atoms. The van der Waals surface area contributed by atoms with Gasteiger partial charge in [0.25, 0.3) is 5.26 Å². The highest BCUT2D eigenvalue weighted by Crippen LogP contribution is 2.27. The number of halogens is 2. The maximum atomic E-state index is 12.8. The zero-order valence-corrected chi connectivity index (χ0v) is 12.4. The third-order valence-electron chi connectivity index (χ3n) is 3.43. The first kappa shape index (κ1) is 15.0. The predicted octanol–water partition coefficient (Wildman–Crippen LogP) is 2.60. The van der Waals surface area contributed by atoms with Gasteiger partial charge in [0, 0.05) is 18.6 Å². The second kappa shape index (κ2) is 7.38. The van der Waals surface area contributed by atoms with Crippen molar-refractivity contribution < 1.29 is 4.39 Å². The maximum Gasteiger partial charge on any atom is 0.272 e. The maximum absolute atomic E-state index is 12.8. The summed E-state index contributed by atoms with van der Waals surface area (Å²) in [5, 5.41) is 6.04. The fourth-order valence-electron chi connectivity index (χ4n) is 2.37. The minimum absolute atomic E-state index is 0.315. The predicted molar refractivity (Wildman–Crippen MR) is 78.4 cm³/mol. The molecule has 0 aromatic carbocycles. The molecule has 1 fully saturated rings. The van der Waals surface area contributed by atoms with Crippen molar-refractivity contribution in [2.45, 2.75) is 44.2 Å². The van der Waals surface area contributed by atoms with Crippen LogP contribution in [-0.4, -0.2) is 30.2 Å². The van der Waals surface area contributed by atoms with Gasteiger partial charge in [-0.2, -0.15) is 9.37 Å². The largest absolute Gasteiger partial charge is 0.368 e. The summed E-state index contributed by atoms with van der Waals surface area (Å²) < 4.78 is 13.2. The average Bonchev–Trinajstić information content (AvgIpc) is 2.90. The van der Waals surface area contributed by atoms with Crippen LogP contribution in [0, 0.1) is 5.26 Å². The minimum atomic E-state index is -0.496. The second-order valence-electron chi connectivity index (χ2n) is 4.88. The van der Waals surface area contributed by atoms with Crippen LogP contribution in [-0.2, 0) is 0 Å². The van der Waals surface area contributed by atoms with Gasteiger partial charge >= 0.3 is 0 Å². The summed E-state index contributed by atoms with van der Waals surface area (Å²) in [7, 11) is 0. The summed E-state index contributed by atoms with van der Waals surface area (Å²) in [5.74, 6) is 0.454. The van der Waals surface area contributed by atoms with Crippen molar-refractivity contribution in [2.75, 3.05) is 18.4 Å². The van der Waals surface area contributed by atoms with Crippen LogP contribution in [0.2, 0.25) is 4.34 Å². The van der Waals surface area contributed by atoms with E-state index in [0.29, 0.717) is 22.2 Å². The number of unbranched alkanes of at least 4 members (excludes halogenated alkanes) is 1. The number of hydrogen-bond acceptors (Lipinski definition) is 5. The molecule has 1 aliphatic carbocycles. The van der Waals surface area contributed by atoms with Crippen molar-refractivity contribution in [2.24, 2.45) is 5.73 Å². The van der Waals surface area contributed by atoms with E-state index in [4.69, 9.17) is 17.3 Å². The summed E-state index contributed by atoms with van der Waals surface area (Å²) in [6.45, 7) is 1.72. The molecule has 4 N–H and O–H groups in total. The summed E-state index contributed by atoms with van der Waals surface area (Å²) in [5.41, 5.74) is 5.98. The topological polar surface area (TPSA) is 63.0 Å². The highest BCUT2D eigenvalue weighted by Gasteiger charge is 2.22. The Bertz CT molecular complexity index is 401. The van der Waals surface area contributed by atoms with Crippen LogP contribution in [0.1, 0.15) is 32.1 Å². The van der Waals surface area contributed by atoms with Gasteiger partial charge in [-0.3, -0.25) is 0 Å². The van der Waals surface area contributed by atoms with Gasteiger partial charge < -0.3 is 16.4 Å². The molecule has 1 aliphatic rings. The monoisotopic (exact) mass is 306 g/mol. The van der Waals surface area contributed by atoms with E-state index < -0.39 is 5.26 Å². The molecule has 1 heterocycles. The van der Waals surface area contributed by atoms with Crippen LogP contribution < -0.4 is 16.4 Å². The third-order valence-corrected chi connectivity index (χ3v) is 4.47. The van der Waals surface area contributed by atoms with E-state index in [1.54, 1.807) is 0 Å². The number of hydrogen-bond donors (Lipinski definition) is 3. The number of nitrogens with two attached hydrogens (primary N) is 1. The van der Waals surface area contributed by atoms with E-state index >= 15 is 0 Å². The lowest BCUT2D eigenvalue weighted by Gasteiger charge is -2.17. The normalized spacial score (nSPS) is 22.9. The number of aromatic nitrogens is 1. The number of thiazole rings is 1. The van der Waals surface area contributed by atoms with E-state index in [0.717, 1.165) is 43.7 Å². The molecule has 0 unspecified atom stereocenters. The second-order valence-corrected chi connectivity index (χ2v) is 6.43. The molecule has 108 valence electrons. The van der Waals surface area contributed by atoms with Gasteiger partial charge in [-0.05, 0) is 32.2 Å². The molecule has 2 rings (SSSR count). The van der Waals surface area contributed by atoms with Crippen LogP contribution in [0.25, 0.3) is 0 Å². The van der Waals surface area contributed by atoms with Gasteiger partial charge in [-0.1, -0.05) is 29.4 Å². The number of nitrogens with one attached hydrogen (secondary N) is 2. The zero-order chi connectivity index (χ0) is 13.7. The van der Waals surface area contributed by atoms with Crippen LogP contribution in [0.4, 0.5) is 10.2 Å². The Labute approximate surface area is 121 Å².